The summed E-state index contributed by atoms with van der Waals surface area (Å²) >= 11 is 12.5. The monoisotopic (exact) mass is 907 g/mol. The standard InChI is InChI=1S/C22H23ClN2O5S.C21H20ClN3O4S/c1-13-16(7-10-19(24-3)21(13)23)11-18(14(2)26)22(28)25-12-20(27)15-5-8-17(9-6-15)31(4,29)30;1-12-15(7-10-18(23-3)19(12)22)11-17(13(2)26)21-25-24-20(29-21)14-5-8-16(9-6-14)30(4,27)28/h5-10,14,18,26H,11-12H2,1-2,4H3,(H,25,28);5-10,13,17,26H,11H2,1-2,4H3/t14-,18-;13-,17-/m11/s1. The number of hydrogen-bond donors (Lipinski definition) is 3. The van der Waals surface area contributed by atoms with E-state index in [1.807, 2.05) is 13.0 Å². The quantitative estimate of drug-likeness (QED) is 0.0736. The van der Waals surface area contributed by atoms with Crippen LogP contribution in [0.5, 0.6) is 0 Å². The summed E-state index contributed by atoms with van der Waals surface area (Å²) in [5.74, 6) is -1.70. The number of aliphatic hydroxyl groups excluding tert-OH is 2. The number of hydrogen-bond acceptors (Lipinski definition) is 11. The van der Waals surface area contributed by atoms with Crippen molar-refractivity contribution in [2.24, 2.45) is 5.92 Å². The van der Waals surface area contributed by atoms with Crippen molar-refractivity contribution in [3.8, 4) is 11.5 Å². The maximum atomic E-state index is 12.6. The Labute approximate surface area is 365 Å². The third-order valence-electron chi connectivity index (χ3n) is 9.89. The average Bonchev–Trinajstić information content (AvgIpc) is 3.70. The molecule has 4 aromatic carbocycles. The second-order valence-electron chi connectivity index (χ2n) is 14.4. The Morgan fingerprint density at radius 3 is 1.66 bits per heavy atom. The van der Waals surface area contributed by atoms with Crippen LogP contribution in [0.1, 0.15) is 58.3 Å². The third kappa shape index (κ3) is 12.3. The molecule has 0 aliphatic carbocycles. The minimum absolute atomic E-state index is 0.0977. The molecule has 0 bridgehead atoms. The van der Waals surface area contributed by atoms with Gasteiger partial charge in [0, 0.05) is 23.6 Å². The number of benzene rings is 4. The lowest BCUT2D eigenvalue weighted by molar-refractivity contribution is -0.127. The highest BCUT2D eigenvalue weighted by atomic mass is 35.5. The Morgan fingerprint density at radius 2 is 1.21 bits per heavy atom. The fourth-order valence-corrected chi connectivity index (χ4v) is 7.81. The predicted octanol–water partition coefficient (Wildman–Crippen LogP) is 7.50. The Balaban J connectivity index is 0.000000269. The van der Waals surface area contributed by atoms with Crippen LogP contribution in [-0.2, 0) is 37.3 Å². The first kappa shape index (κ1) is 48.2. The van der Waals surface area contributed by atoms with Crippen LogP contribution in [0.15, 0.2) is 87.0 Å². The summed E-state index contributed by atoms with van der Waals surface area (Å²) in [5.41, 5.74) is 4.56. The molecule has 0 radical (unpaired) electrons. The number of sulfone groups is 2. The molecule has 320 valence electrons. The molecule has 0 aliphatic rings. The van der Waals surface area contributed by atoms with E-state index in [0.717, 1.165) is 29.2 Å². The molecule has 5 aromatic rings. The van der Waals surface area contributed by atoms with Gasteiger partial charge < -0.3 is 19.9 Å². The van der Waals surface area contributed by atoms with E-state index in [4.69, 9.17) is 40.8 Å². The number of aliphatic hydroxyl groups is 2. The number of halogens is 2. The zero-order valence-electron chi connectivity index (χ0n) is 34.0. The van der Waals surface area contributed by atoms with E-state index in [2.05, 4.69) is 25.2 Å². The Bertz CT molecular complexity index is 2720. The smallest absolute Gasteiger partial charge is 0.247 e. The van der Waals surface area contributed by atoms with Gasteiger partial charge in [-0.05, 0) is 99.2 Å². The topological polar surface area (TPSA) is 203 Å². The number of ketones is 1. The summed E-state index contributed by atoms with van der Waals surface area (Å²) in [5, 5.41) is 31.8. The van der Waals surface area contributed by atoms with E-state index in [1.165, 1.54) is 43.3 Å². The molecule has 0 saturated heterocycles. The van der Waals surface area contributed by atoms with Gasteiger partial charge >= 0.3 is 0 Å². The summed E-state index contributed by atoms with van der Waals surface area (Å²) < 4.78 is 52.0. The van der Waals surface area contributed by atoms with Crippen LogP contribution in [-0.4, -0.2) is 80.2 Å². The van der Waals surface area contributed by atoms with E-state index < -0.39 is 55.4 Å². The molecule has 5 rings (SSSR count). The Morgan fingerprint density at radius 1 is 0.738 bits per heavy atom. The van der Waals surface area contributed by atoms with Crippen LogP contribution in [0.4, 0.5) is 11.4 Å². The fraction of sp³-hybridized carbons (Fsp3) is 0.302. The van der Waals surface area contributed by atoms with E-state index in [1.54, 1.807) is 44.2 Å². The predicted molar refractivity (Wildman–Crippen MR) is 232 cm³/mol. The van der Waals surface area contributed by atoms with Gasteiger partial charge in [-0.3, -0.25) is 9.59 Å². The van der Waals surface area contributed by atoms with Gasteiger partial charge in [-0.2, -0.15) is 0 Å². The van der Waals surface area contributed by atoms with Crippen LogP contribution in [0.25, 0.3) is 21.1 Å². The lowest BCUT2D eigenvalue weighted by Gasteiger charge is -2.21. The average molecular weight is 909 g/mol. The van der Waals surface area contributed by atoms with Gasteiger partial charge in [-0.25, -0.2) is 26.5 Å². The summed E-state index contributed by atoms with van der Waals surface area (Å²) in [7, 11) is -6.66. The van der Waals surface area contributed by atoms with Crippen LogP contribution in [0, 0.1) is 32.9 Å². The van der Waals surface area contributed by atoms with Crippen molar-refractivity contribution in [1.82, 2.24) is 15.5 Å². The van der Waals surface area contributed by atoms with Crippen molar-refractivity contribution in [3.05, 3.63) is 139 Å². The molecular weight excluding hydrogens is 866 g/mol. The van der Waals surface area contributed by atoms with Gasteiger partial charge in [0.2, 0.25) is 29.1 Å². The summed E-state index contributed by atoms with van der Waals surface area (Å²) in [6, 6.07) is 18.3. The number of carbonyl (C=O) groups excluding carboxylic acids is 2. The van der Waals surface area contributed by atoms with Crippen LogP contribution < -0.4 is 5.32 Å². The lowest BCUT2D eigenvalue weighted by Crippen LogP contribution is -2.40. The molecule has 61 heavy (non-hydrogen) atoms. The second kappa shape index (κ2) is 20.4. The minimum atomic E-state index is -3.37. The SMILES string of the molecule is [C-]#[N+]c1ccc(C[C@@H](C(=O)NCC(=O)c2ccc(S(C)(=O)=O)cc2)[C@@H](C)O)c(C)c1Cl.[C-]#[N+]c1ccc(C[C@@H](c2nnc(-c3ccc(S(C)(=O)=O)cc3)o2)[C@@H](C)O)c(C)c1Cl. The third-order valence-corrected chi connectivity index (χ3v) is 13.1. The molecule has 1 aromatic heterocycles. The van der Waals surface area contributed by atoms with E-state index in [-0.39, 0.29) is 40.1 Å². The molecule has 1 heterocycles. The van der Waals surface area contributed by atoms with Gasteiger partial charge in [0.25, 0.3) is 0 Å². The fourth-order valence-electron chi connectivity index (χ4n) is 6.09. The zero-order valence-corrected chi connectivity index (χ0v) is 37.1. The molecule has 14 nitrogen and oxygen atoms in total. The molecule has 18 heteroatoms. The molecule has 0 unspecified atom stereocenters. The van der Waals surface area contributed by atoms with Crippen LogP contribution >= 0.6 is 23.2 Å². The first-order valence-electron chi connectivity index (χ1n) is 18.5. The molecule has 1 amide bonds. The highest BCUT2D eigenvalue weighted by Crippen LogP contribution is 2.35. The van der Waals surface area contributed by atoms with Gasteiger partial charge in [-0.15, -0.1) is 10.2 Å². The number of carbonyl (C=O) groups is 2. The summed E-state index contributed by atoms with van der Waals surface area (Å²) in [4.78, 5) is 32.0. The van der Waals surface area contributed by atoms with Crippen molar-refractivity contribution in [2.75, 3.05) is 19.1 Å². The summed E-state index contributed by atoms with van der Waals surface area (Å²) in [6.07, 6.45) is 1.04. The molecule has 3 N–H and O–H groups in total. The first-order chi connectivity index (χ1) is 28.6. The largest absolute Gasteiger partial charge is 0.420 e. The van der Waals surface area contributed by atoms with Crippen LogP contribution in [0.3, 0.4) is 0 Å². The Hall–Kier alpha value is -5.46. The second-order valence-corrected chi connectivity index (χ2v) is 19.2. The highest BCUT2D eigenvalue weighted by Gasteiger charge is 2.27. The normalized spacial score (nSPS) is 13.4. The van der Waals surface area contributed by atoms with E-state index in [0.29, 0.717) is 39.0 Å². The Kier molecular flexibility index (Phi) is 16.1. The molecule has 0 fully saturated rings. The van der Waals surface area contributed by atoms with Crippen molar-refractivity contribution < 1.29 is 41.1 Å². The number of nitrogens with one attached hydrogen (secondary N) is 1. The van der Waals surface area contributed by atoms with E-state index in [9.17, 15) is 36.6 Å². The van der Waals surface area contributed by atoms with Gasteiger partial charge in [0.15, 0.2) is 25.5 Å². The van der Waals surface area contributed by atoms with Gasteiger partial charge in [0.1, 0.15) is 0 Å². The number of amides is 1. The lowest BCUT2D eigenvalue weighted by atomic mass is 9.91. The zero-order chi connectivity index (χ0) is 45.4. The van der Waals surface area contributed by atoms with Crippen molar-refractivity contribution >= 4 is 65.9 Å². The maximum absolute atomic E-state index is 12.6. The van der Waals surface area contributed by atoms with Gasteiger partial charge in [0.05, 0.1) is 63.6 Å². The van der Waals surface area contributed by atoms with Gasteiger partial charge in [-0.1, -0.05) is 59.6 Å². The van der Waals surface area contributed by atoms with Crippen LogP contribution in [0.2, 0.25) is 10.0 Å². The minimum Gasteiger partial charge on any atom is -0.420 e. The molecule has 0 spiro atoms. The number of Topliss-reactive ketones (excluding diaryl/α,β-unsaturated/α-hetero) is 1. The van der Waals surface area contributed by atoms with Crippen molar-refractivity contribution in [3.63, 3.8) is 0 Å². The number of nitrogens with zero attached hydrogens (tertiary/aromatic N) is 4. The number of aromatic nitrogens is 2. The molecule has 0 aliphatic heterocycles. The first-order valence-corrected chi connectivity index (χ1v) is 23.0. The van der Waals surface area contributed by atoms with E-state index >= 15 is 0 Å². The molecular formula is C43H43Cl2N5O9S2. The van der Waals surface area contributed by atoms with Crippen molar-refractivity contribution in [1.29, 1.82) is 0 Å². The molecule has 4 atom stereocenters. The number of rotatable bonds is 14. The summed E-state index contributed by atoms with van der Waals surface area (Å²) in [6.45, 7) is 20.7. The maximum Gasteiger partial charge on any atom is 0.247 e. The van der Waals surface area contributed by atoms with Crippen molar-refractivity contribution in [2.45, 2.75) is 68.5 Å². The molecule has 0 saturated carbocycles. The highest BCUT2D eigenvalue weighted by molar-refractivity contribution is 7.91.